The molecule has 1 aliphatic rings. The third-order valence-corrected chi connectivity index (χ3v) is 6.20. The summed E-state index contributed by atoms with van der Waals surface area (Å²) in [5.74, 6) is -1.80. The van der Waals surface area contributed by atoms with Crippen LogP contribution in [0.1, 0.15) is 13.3 Å². The summed E-state index contributed by atoms with van der Waals surface area (Å²) in [6, 6.07) is 8.22. The van der Waals surface area contributed by atoms with E-state index in [1.165, 1.54) is 30.3 Å². The van der Waals surface area contributed by atoms with Crippen molar-refractivity contribution >= 4 is 27.3 Å². The number of amides is 1. The molecule has 9 nitrogen and oxygen atoms in total. The van der Waals surface area contributed by atoms with Crippen molar-refractivity contribution in [3.63, 3.8) is 0 Å². The Morgan fingerprint density at radius 2 is 1.97 bits per heavy atom. The van der Waals surface area contributed by atoms with Gasteiger partial charge in [0.25, 0.3) is 10.0 Å². The normalized spacial score (nSPS) is 18.7. The van der Waals surface area contributed by atoms with Crippen LogP contribution in [-0.4, -0.2) is 51.7 Å². The van der Waals surface area contributed by atoms with Crippen LogP contribution in [0.15, 0.2) is 47.4 Å². The highest BCUT2D eigenvalue weighted by Gasteiger charge is 2.32. The van der Waals surface area contributed by atoms with Gasteiger partial charge < -0.3 is 24.6 Å². The molecule has 13 heteroatoms. The minimum atomic E-state index is -4.93. The van der Waals surface area contributed by atoms with Crippen molar-refractivity contribution in [2.45, 2.75) is 30.7 Å². The smallest absolute Gasteiger partial charge is 0.492 e. The molecule has 186 valence electrons. The number of anilines is 2. The lowest BCUT2D eigenvalue weighted by Gasteiger charge is -2.26. The van der Waals surface area contributed by atoms with Crippen LogP contribution >= 0.6 is 0 Å². The van der Waals surface area contributed by atoms with Crippen molar-refractivity contribution in [3.8, 4) is 11.5 Å². The molecule has 2 aromatic carbocycles. The summed E-state index contributed by atoms with van der Waals surface area (Å²) in [6.45, 7) is 2.11. The van der Waals surface area contributed by atoms with Crippen LogP contribution in [0.25, 0.3) is 0 Å². The predicted octanol–water partition coefficient (Wildman–Crippen LogP) is 3.12. The van der Waals surface area contributed by atoms with Gasteiger partial charge in [-0.2, -0.15) is 0 Å². The van der Waals surface area contributed by atoms with Crippen LogP contribution in [-0.2, 0) is 19.6 Å². The van der Waals surface area contributed by atoms with E-state index >= 15 is 0 Å². The molecule has 1 amide bonds. The van der Waals surface area contributed by atoms with E-state index in [1.807, 2.05) is 0 Å². The van der Waals surface area contributed by atoms with Crippen molar-refractivity contribution in [1.82, 2.24) is 0 Å². The fraction of sp³-hybridized carbons (Fsp3) is 0.381. The predicted molar refractivity (Wildman–Crippen MR) is 115 cm³/mol. The maximum absolute atomic E-state index is 12.9. The van der Waals surface area contributed by atoms with Crippen LogP contribution in [0.4, 0.5) is 24.5 Å². The number of carbonyl (C=O) groups excluding carboxylic acids is 1. The van der Waals surface area contributed by atoms with Gasteiger partial charge >= 0.3 is 6.36 Å². The van der Waals surface area contributed by atoms with E-state index in [4.69, 9.17) is 9.47 Å². The number of benzene rings is 2. The molecule has 1 aliphatic heterocycles. The number of nitrogens with one attached hydrogen (secondary N) is 2. The van der Waals surface area contributed by atoms with Gasteiger partial charge in [0, 0.05) is 24.4 Å². The highest BCUT2D eigenvalue weighted by atomic mass is 32.2. The van der Waals surface area contributed by atoms with E-state index in [0.717, 1.165) is 12.1 Å². The van der Waals surface area contributed by atoms with E-state index in [1.54, 1.807) is 6.92 Å². The zero-order valence-electron chi connectivity index (χ0n) is 18.0. The minimum absolute atomic E-state index is 0.0420. The summed E-state index contributed by atoms with van der Waals surface area (Å²) in [7, 11) is -4.28. The molecule has 1 saturated heterocycles. The monoisotopic (exact) mass is 504 g/mol. The molecule has 1 heterocycles. The SMILES string of the molecule is CCOc1cc(NC(=O)[C@H]2CCOC[C@@H]2O)ccc1S(=O)(=O)Nc1cccc(OC(F)(F)F)c1. The third-order valence-electron chi connectivity index (χ3n) is 4.78. The first-order valence-electron chi connectivity index (χ1n) is 10.2. The number of rotatable bonds is 8. The molecule has 0 unspecified atom stereocenters. The van der Waals surface area contributed by atoms with Gasteiger partial charge in [-0.05, 0) is 37.6 Å². The van der Waals surface area contributed by atoms with E-state index in [9.17, 15) is 31.5 Å². The molecule has 2 atom stereocenters. The molecule has 0 radical (unpaired) electrons. The molecule has 0 aliphatic carbocycles. The summed E-state index contributed by atoms with van der Waals surface area (Å²) >= 11 is 0. The van der Waals surface area contributed by atoms with Crippen LogP contribution in [0.2, 0.25) is 0 Å². The Bertz CT molecular complexity index is 1130. The third kappa shape index (κ3) is 6.74. The lowest BCUT2D eigenvalue weighted by atomic mass is 9.96. The van der Waals surface area contributed by atoms with Crippen LogP contribution in [0.5, 0.6) is 11.5 Å². The van der Waals surface area contributed by atoms with Gasteiger partial charge in [-0.15, -0.1) is 13.2 Å². The molecule has 2 aromatic rings. The maximum atomic E-state index is 12.9. The van der Waals surface area contributed by atoms with Gasteiger partial charge in [0.05, 0.1) is 30.9 Å². The molecule has 0 spiro atoms. The molecule has 34 heavy (non-hydrogen) atoms. The Hall–Kier alpha value is -3.03. The zero-order valence-corrected chi connectivity index (χ0v) is 18.8. The highest BCUT2D eigenvalue weighted by Crippen LogP contribution is 2.31. The Morgan fingerprint density at radius 1 is 1.21 bits per heavy atom. The number of hydrogen-bond acceptors (Lipinski definition) is 7. The average molecular weight is 504 g/mol. The molecule has 1 fully saturated rings. The average Bonchev–Trinajstić information content (AvgIpc) is 2.73. The van der Waals surface area contributed by atoms with Crippen molar-refractivity contribution in [3.05, 3.63) is 42.5 Å². The van der Waals surface area contributed by atoms with Gasteiger partial charge in [-0.25, -0.2) is 8.42 Å². The fourth-order valence-electron chi connectivity index (χ4n) is 3.31. The lowest BCUT2D eigenvalue weighted by molar-refractivity contribution is -0.274. The maximum Gasteiger partial charge on any atom is 0.573 e. The van der Waals surface area contributed by atoms with Crippen LogP contribution in [0, 0.1) is 5.92 Å². The number of halogens is 3. The van der Waals surface area contributed by atoms with Gasteiger partial charge in [-0.3, -0.25) is 9.52 Å². The highest BCUT2D eigenvalue weighted by molar-refractivity contribution is 7.92. The fourth-order valence-corrected chi connectivity index (χ4v) is 4.48. The number of aliphatic hydroxyl groups is 1. The first-order valence-corrected chi connectivity index (χ1v) is 11.7. The number of alkyl halides is 3. The van der Waals surface area contributed by atoms with E-state index in [-0.39, 0.29) is 35.2 Å². The van der Waals surface area contributed by atoms with E-state index in [0.29, 0.717) is 13.0 Å². The van der Waals surface area contributed by atoms with Crippen molar-refractivity contribution in [2.24, 2.45) is 5.92 Å². The number of aliphatic hydroxyl groups excluding tert-OH is 1. The Balaban J connectivity index is 1.81. The molecule has 3 rings (SSSR count). The summed E-state index contributed by atoms with van der Waals surface area (Å²) in [4.78, 5) is 12.2. The van der Waals surface area contributed by atoms with Crippen molar-refractivity contribution < 1.29 is 45.7 Å². The Kier molecular flexibility index (Phi) is 7.89. The second-order valence-electron chi connectivity index (χ2n) is 7.30. The Morgan fingerprint density at radius 3 is 2.65 bits per heavy atom. The quantitative estimate of drug-likeness (QED) is 0.505. The van der Waals surface area contributed by atoms with Crippen molar-refractivity contribution in [1.29, 1.82) is 0 Å². The standard InChI is InChI=1S/C21H23F3N2O7S/c1-2-32-18-11-13(25-20(28)16-8-9-31-12-17(16)27)6-7-19(18)34(29,30)26-14-4-3-5-15(10-14)33-21(22,23)24/h3-7,10-11,16-17,26-27H,2,8-9,12H2,1H3,(H,25,28)/t16-,17-/m0/s1. The molecule has 0 saturated carbocycles. The minimum Gasteiger partial charge on any atom is -0.492 e. The van der Waals surface area contributed by atoms with E-state index in [2.05, 4.69) is 14.8 Å². The molecule has 0 aromatic heterocycles. The second kappa shape index (κ2) is 10.5. The largest absolute Gasteiger partial charge is 0.573 e. The van der Waals surface area contributed by atoms with E-state index < -0.39 is 40.1 Å². The topological polar surface area (TPSA) is 123 Å². The number of ether oxygens (including phenoxy) is 3. The zero-order chi connectivity index (χ0) is 24.9. The first-order chi connectivity index (χ1) is 16.0. The molecular weight excluding hydrogens is 481 g/mol. The lowest BCUT2D eigenvalue weighted by Crippen LogP contribution is -2.40. The van der Waals surface area contributed by atoms with Gasteiger partial charge in [0.1, 0.15) is 16.4 Å². The summed E-state index contributed by atoms with van der Waals surface area (Å²) in [5.41, 5.74) is 0.0850. The van der Waals surface area contributed by atoms with Crippen molar-refractivity contribution in [2.75, 3.05) is 29.9 Å². The second-order valence-corrected chi connectivity index (χ2v) is 8.95. The van der Waals surface area contributed by atoms with Crippen LogP contribution in [0.3, 0.4) is 0 Å². The number of carbonyl (C=O) groups is 1. The first kappa shape index (κ1) is 25.6. The van der Waals surface area contributed by atoms with Gasteiger partial charge in [-0.1, -0.05) is 6.07 Å². The van der Waals surface area contributed by atoms with Gasteiger partial charge in [0.15, 0.2) is 0 Å². The van der Waals surface area contributed by atoms with Gasteiger partial charge in [0.2, 0.25) is 5.91 Å². The number of hydrogen-bond donors (Lipinski definition) is 3. The summed E-state index contributed by atoms with van der Waals surface area (Å²) in [6.07, 6.45) is -5.56. The number of sulfonamides is 1. The van der Waals surface area contributed by atoms with Crippen LogP contribution < -0.4 is 19.5 Å². The Labute approximate surface area is 193 Å². The summed E-state index contributed by atoms with van der Waals surface area (Å²) < 4.78 is 79.8. The summed E-state index contributed by atoms with van der Waals surface area (Å²) in [5, 5.41) is 12.6. The molecule has 0 bridgehead atoms. The molecular formula is C21H23F3N2O7S. The molecule has 3 N–H and O–H groups in total.